The molecule has 1 aromatic carbocycles. The fourth-order valence-electron chi connectivity index (χ4n) is 1.55. The summed E-state index contributed by atoms with van der Waals surface area (Å²) in [6, 6.07) is 6.69. The van der Waals surface area contributed by atoms with Gasteiger partial charge in [0.05, 0.1) is 7.11 Å². The minimum absolute atomic E-state index is 0.270. The number of carbonyl (C=O) groups is 1. The molecule has 0 fully saturated rings. The highest BCUT2D eigenvalue weighted by Gasteiger charge is 2.09. The van der Waals surface area contributed by atoms with E-state index >= 15 is 0 Å². The highest BCUT2D eigenvalue weighted by molar-refractivity contribution is 6.29. The average molecular weight is 278 g/mol. The lowest BCUT2D eigenvalue weighted by Crippen LogP contribution is -2.13. The van der Waals surface area contributed by atoms with Crippen molar-refractivity contribution in [2.45, 2.75) is 6.92 Å². The third kappa shape index (κ3) is 3.20. The molecule has 1 aromatic heterocycles. The quantitative estimate of drug-likeness (QED) is 0.876. The molecule has 5 nitrogen and oxygen atoms in total. The summed E-state index contributed by atoms with van der Waals surface area (Å²) in [6.07, 6.45) is 1.29. The minimum atomic E-state index is -0.284. The number of benzene rings is 1. The van der Waals surface area contributed by atoms with Crippen LogP contribution in [0, 0.1) is 6.92 Å². The SMILES string of the molecule is COc1cc(C(=O)Nc2cc(Cl)ncn2)ccc1C. The summed E-state index contributed by atoms with van der Waals surface area (Å²) >= 11 is 5.72. The van der Waals surface area contributed by atoms with Gasteiger partial charge in [0.1, 0.15) is 23.0 Å². The van der Waals surface area contributed by atoms with Crippen LogP contribution in [0.4, 0.5) is 5.82 Å². The molecule has 0 spiro atoms. The molecule has 0 radical (unpaired) electrons. The second-order valence-corrected chi connectivity index (χ2v) is 4.25. The molecule has 1 heterocycles. The van der Waals surface area contributed by atoms with Crippen LogP contribution in [0.15, 0.2) is 30.6 Å². The summed E-state index contributed by atoms with van der Waals surface area (Å²) < 4.78 is 5.18. The van der Waals surface area contributed by atoms with E-state index in [0.29, 0.717) is 17.1 Å². The van der Waals surface area contributed by atoms with Gasteiger partial charge >= 0.3 is 0 Å². The maximum Gasteiger partial charge on any atom is 0.256 e. The summed E-state index contributed by atoms with van der Waals surface area (Å²) in [6.45, 7) is 1.91. The first-order valence-corrected chi connectivity index (χ1v) is 5.91. The van der Waals surface area contributed by atoms with Gasteiger partial charge in [-0.2, -0.15) is 0 Å². The van der Waals surface area contributed by atoms with Crippen LogP contribution in [0.25, 0.3) is 0 Å². The van der Waals surface area contributed by atoms with Gasteiger partial charge in [0.15, 0.2) is 0 Å². The molecule has 2 rings (SSSR count). The van der Waals surface area contributed by atoms with Crippen LogP contribution in [0.5, 0.6) is 5.75 Å². The Bertz CT molecular complexity index is 617. The second kappa shape index (κ2) is 5.67. The van der Waals surface area contributed by atoms with E-state index in [1.807, 2.05) is 13.0 Å². The molecule has 1 amide bonds. The Labute approximate surface area is 115 Å². The van der Waals surface area contributed by atoms with Gasteiger partial charge in [-0.15, -0.1) is 0 Å². The minimum Gasteiger partial charge on any atom is -0.496 e. The lowest BCUT2D eigenvalue weighted by molar-refractivity contribution is 0.102. The van der Waals surface area contributed by atoms with Gasteiger partial charge in [-0.05, 0) is 24.6 Å². The number of aryl methyl sites for hydroxylation is 1. The van der Waals surface area contributed by atoms with E-state index in [9.17, 15) is 4.79 Å². The fourth-order valence-corrected chi connectivity index (χ4v) is 1.70. The Hall–Kier alpha value is -2.14. The molecule has 0 aliphatic rings. The van der Waals surface area contributed by atoms with Crippen LogP contribution in [-0.2, 0) is 0 Å². The van der Waals surface area contributed by atoms with Gasteiger partial charge in [0.2, 0.25) is 0 Å². The normalized spacial score (nSPS) is 10.1. The molecule has 0 atom stereocenters. The van der Waals surface area contributed by atoms with Gasteiger partial charge in [-0.3, -0.25) is 4.79 Å². The molecule has 0 saturated carbocycles. The Morgan fingerprint density at radius 1 is 1.32 bits per heavy atom. The summed E-state index contributed by atoms with van der Waals surface area (Å²) in [5.41, 5.74) is 1.45. The zero-order chi connectivity index (χ0) is 13.8. The van der Waals surface area contributed by atoms with Gasteiger partial charge < -0.3 is 10.1 Å². The number of amides is 1. The molecule has 0 aliphatic heterocycles. The van der Waals surface area contributed by atoms with E-state index in [2.05, 4.69) is 15.3 Å². The largest absolute Gasteiger partial charge is 0.496 e. The van der Waals surface area contributed by atoms with Crippen molar-refractivity contribution in [3.8, 4) is 5.75 Å². The number of aromatic nitrogens is 2. The van der Waals surface area contributed by atoms with Crippen molar-refractivity contribution >= 4 is 23.3 Å². The zero-order valence-electron chi connectivity index (χ0n) is 10.5. The van der Waals surface area contributed by atoms with E-state index in [1.54, 1.807) is 19.2 Å². The Morgan fingerprint density at radius 2 is 2.11 bits per heavy atom. The van der Waals surface area contributed by atoms with Crippen LogP contribution in [-0.4, -0.2) is 23.0 Å². The maximum absolute atomic E-state index is 12.0. The van der Waals surface area contributed by atoms with E-state index in [0.717, 1.165) is 5.56 Å². The maximum atomic E-state index is 12.0. The van der Waals surface area contributed by atoms with Gasteiger partial charge in [0, 0.05) is 11.6 Å². The van der Waals surface area contributed by atoms with Crippen LogP contribution in [0.2, 0.25) is 5.15 Å². The fraction of sp³-hybridized carbons (Fsp3) is 0.154. The number of hydrogen-bond donors (Lipinski definition) is 1. The van der Waals surface area contributed by atoms with E-state index < -0.39 is 0 Å². The molecule has 19 heavy (non-hydrogen) atoms. The lowest BCUT2D eigenvalue weighted by atomic mass is 10.1. The second-order valence-electron chi connectivity index (χ2n) is 3.86. The van der Waals surface area contributed by atoms with E-state index in [4.69, 9.17) is 16.3 Å². The van der Waals surface area contributed by atoms with E-state index in [1.165, 1.54) is 12.4 Å². The third-order valence-corrected chi connectivity index (χ3v) is 2.75. The number of nitrogens with one attached hydrogen (secondary N) is 1. The summed E-state index contributed by atoms with van der Waals surface area (Å²) in [4.78, 5) is 19.7. The van der Waals surface area contributed by atoms with Crippen molar-refractivity contribution in [3.05, 3.63) is 46.9 Å². The number of ether oxygens (including phenoxy) is 1. The van der Waals surface area contributed by atoms with Gasteiger partial charge in [0.25, 0.3) is 5.91 Å². The van der Waals surface area contributed by atoms with Gasteiger partial charge in [-0.1, -0.05) is 17.7 Å². The number of halogens is 1. The summed E-state index contributed by atoms with van der Waals surface area (Å²) in [7, 11) is 1.56. The predicted molar refractivity (Wildman–Crippen MR) is 72.7 cm³/mol. The average Bonchev–Trinajstić information content (AvgIpc) is 2.39. The molecule has 2 aromatic rings. The first kappa shape index (κ1) is 13.3. The molecule has 6 heteroatoms. The van der Waals surface area contributed by atoms with Crippen LogP contribution >= 0.6 is 11.6 Å². The topological polar surface area (TPSA) is 64.1 Å². The van der Waals surface area contributed by atoms with Crippen LogP contribution in [0.3, 0.4) is 0 Å². The van der Waals surface area contributed by atoms with Crippen molar-refractivity contribution in [2.24, 2.45) is 0 Å². The van der Waals surface area contributed by atoms with Crippen molar-refractivity contribution in [2.75, 3.05) is 12.4 Å². The Morgan fingerprint density at radius 3 is 2.79 bits per heavy atom. The summed E-state index contributed by atoms with van der Waals surface area (Å²) in [5.74, 6) is 0.728. The smallest absolute Gasteiger partial charge is 0.256 e. The van der Waals surface area contributed by atoms with Crippen LogP contribution < -0.4 is 10.1 Å². The molecule has 0 unspecified atom stereocenters. The molecule has 0 saturated heterocycles. The van der Waals surface area contributed by atoms with Crippen molar-refractivity contribution in [3.63, 3.8) is 0 Å². The molecule has 0 bridgehead atoms. The van der Waals surface area contributed by atoms with Crippen LogP contribution in [0.1, 0.15) is 15.9 Å². The van der Waals surface area contributed by atoms with Crippen molar-refractivity contribution in [1.82, 2.24) is 9.97 Å². The zero-order valence-corrected chi connectivity index (χ0v) is 11.2. The number of anilines is 1. The van der Waals surface area contributed by atoms with E-state index in [-0.39, 0.29) is 11.1 Å². The molecule has 0 aliphatic carbocycles. The third-order valence-electron chi connectivity index (χ3n) is 2.55. The monoisotopic (exact) mass is 277 g/mol. The first-order chi connectivity index (χ1) is 9.10. The molecular formula is C13H12ClN3O2. The standard InChI is InChI=1S/C13H12ClN3O2/c1-8-3-4-9(5-10(8)19-2)13(18)17-12-6-11(14)15-7-16-12/h3-7H,1-2H3,(H,15,16,17,18). The number of hydrogen-bond acceptors (Lipinski definition) is 4. The lowest BCUT2D eigenvalue weighted by Gasteiger charge is -2.08. The number of carbonyl (C=O) groups excluding carboxylic acids is 1. The predicted octanol–water partition coefficient (Wildman–Crippen LogP) is 2.70. The molecule has 98 valence electrons. The highest BCUT2D eigenvalue weighted by atomic mass is 35.5. The summed E-state index contributed by atoms with van der Waals surface area (Å²) in [5, 5.41) is 2.91. The molecular weight excluding hydrogens is 266 g/mol. The number of methoxy groups -OCH3 is 1. The number of rotatable bonds is 3. The Balaban J connectivity index is 2.20. The molecule has 1 N–H and O–H groups in total. The first-order valence-electron chi connectivity index (χ1n) is 5.53. The van der Waals surface area contributed by atoms with Gasteiger partial charge in [-0.25, -0.2) is 9.97 Å². The van der Waals surface area contributed by atoms with Crippen molar-refractivity contribution < 1.29 is 9.53 Å². The Kier molecular flexibility index (Phi) is 3.97. The van der Waals surface area contributed by atoms with Crippen molar-refractivity contribution in [1.29, 1.82) is 0 Å². The highest BCUT2D eigenvalue weighted by Crippen LogP contribution is 2.19. The number of nitrogens with zero attached hydrogens (tertiary/aromatic N) is 2.